The number of aryl methyl sites for hydroxylation is 1. The highest BCUT2D eigenvalue weighted by molar-refractivity contribution is 5.37. The predicted octanol–water partition coefficient (Wildman–Crippen LogP) is 5.67. The van der Waals surface area contributed by atoms with Crippen LogP contribution in [0.2, 0.25) is 0 Å². The molecule has 2 heterocycles. The van der Waals surface area contributed by atoms with Gasteiger partial charge in [-0.2, -0.15) is 0 Å². The molecular formula is C30H46N2O3. The fraction of sp³-hybridized carbons (Fsp3) is 0.600. The zero-order valence-corrected chi connectivity index (χ0v) is 22.5. The molecule has 194 valence electrons. The number of benzene rings is 1. The molecule has 2 N–H and O–H groups in total. The molecule has 2 bridgehead atoms. The van der Waals surface area contributed by atoms with Crippen LogP contribution in [0.25, 0.3) is 0 Å². The third-order valence-electron chi connectivity index (χ3n) is 7.83. The molecule has 0 spiro atoms. The van der Waals surface area contributed by atoms with Crippen LogP contribution in [-0.2, 0) is 15.9 Å². The highest BCUT2D eigenvalue weighted by atomic mass is 16.5. The van der Waals surface area contributed by atoms with Crippen LogP contribution in [0.4, 0.5) is 0 Å². The van der Waals surface area contributed by atoms with Gasteiger partial charge in [-0.15, -0.1) is 0 Å². The number of fused-ring (bicyclic) bond motifs is 2. The van der Waals surface area contributed by atoms with E-state index in [1.165, 1.54) is 29.6 Å². The smallest absolute Gasteiger partial charge is 0.131 e. The molecule has 2 aliphatic heterocycles. The summed E-state index contributed by atoms with van der Waals surface area (Å²) in [7, 11) is 1.68. The molecule has 5 heteroatoms. The number of methoxy groups -OCH3 is 1. The standard InChI is InChI=1S/C30H46N2O3/c1-7-9-24-10-12-25(13-11-24)30(33)31-26-18-27-14-15-28(19-26)32(27)20-21(3)22(4)23(5)29(8-2)35-17-16-34-6/h8,10-13,26-28,30-31,33H,2,7,9,14-20H2,1,3-6H3/b22-21+,29-23+. The van der Waals surface area contributed by atoms with Crippen molar-refractivity contribution in [2.24, 2.45) is 0 Å². The largest absolute Gasteiger partial charge is 0.491 e. The van der Waals surface area contributed by atoms with Crippen molar-refractivity contribution < 1.29 is 14.6 Å². The third kappa shape index (κ3) is 7.29. The second-order valence-corrected chi connectivity index (χ2v) is 10.2. The van der Waals surface area contributed by atoms with E-state index in [0.717, 1.165) is 49.1 Å². The van der Waals surface area contributed by atoms with Crippen LogP contribution in [0.3, 0.4) is 0 Å². The molecule has 3 atom stereocenters. The van der Waals surface area contributed by atoms with Crippen LogP contribution in [0.5, 0.6) is 0 Å². The van der Waals surface area contributed by atoms with E-state index in [9.17, 15) is 5.11 Å². The SMILES string of the molecule is C=C/C(OCCOC)=C(C)\C(C)=C(/C)CN1C2CCC1CC(NC(O)c1ccc(CCC)cc1)C2. The van der Waals surface area contributed by atoms with Gasteiger partial charge in [0.05, 0.1) is 6.61 Å². The maximum absolute atomic E-state index is 10.8. The Morgan fingerprint density at radius 2 is 1.77 bits per heavy atom. The van der Waals surface area contributed by atoms with Crippen molar-refractivity contribution in [3.63, 3.8) is 0 Å². The van der Waals surface area contributed by atoms with Crippen LogP contribution in [0.1, 0.15) is 77.2 Å². The molecule has 3 rings (SSSR count). The lowest BCUT2D eigenvalue weighted by Crippen LogP contribution is -2.50. The summed E-state index contributed by atoms with van der Waals surface area (Å²) >= 11 is 0. The van der Waals surface area contributed by atoms with E-state index in [0.29, 0.717) is 31.3 Å². The van der Waals surface area contributed by atoms with E-state index in [2.05, 4.69) is 68.8 Å². The van der Waals surface area contributed by atoms with Crippen molar-refractivity contribution in [2.75, 3.05) is 26.9 Å². The van der Waals surface area contributed by atoms with Gasteiger partial charge in [-0.05, 0) is 81.2 Å². The van der Waals surface area contributed by atoms with Gasteiger partial charge in [0.2, 0.25) is 0 Å². The Morgan fingerprint density at radius 1 is 1.11 bits per heavy atom. The molecule has 2 saturated heterocycles. The zero-order chi connectivity index (χ0) is 25.4. The molecule has 0 aliphatic carbocycles. The Hall–Kier alpha value is -1.92. The van der Waals surface area contributed by atoms with Gasteiger partial charge >= 0.3 is 0 Å². The monoisotopic (exact) mass is 482 g/mol. The fourth-order valence-corrected chi connectivity index (χ4v) is 5.60. The summed E-state index contributed by atoms with van der Waals surface area (Å²) in [5.41, 5.74) is 6.10. The zero-order valence-electron chi connectivity index (χ0n) is 22.5. The van der Waals surface area contributed by atoms with Crippen molar-refractivity contribution in [2.45, 2.75) is 90.6 Å². The van der Waals surface area contributed by atoms with Crippen LogP contribution >= 0.6 is 0 Å². The lowest BCUT2D eigenvalue weighted by Gasteiger charge is -2.40. The number of aliphatic hydroxyl groups excluding tert-OH is 1. The number of hydrogen-bond acceptors (Lipinski definition) is 5. The first kappa shape index (κ1) is 27.7. The van der Waals surface area contributed by atoms with Crippen molar-refractivity contribution in [3.05, 3.63) is 70.5 Å². The minimum Gasteiger partial charge on any atom is -0.491 e. The summed E-state index contributed by atoms with van der Waals surface area (Å²) in [6.45, 7) is 14.7. The fourth-order valence-electron chi connectivity index (χ4n) is 5.60. The minimum atomic E-state index is -0.603. The summed E-state index contributed by atoms with van der Waals surface area (Å²) in [6.07, 6.45) is 8.07. The predicted molar refractivity (Wildman–Crippen MR) is 144 cm³/mol. The molecule has 1 aromatic carbocycles. The number of nitrogens with zero attached hydrogens (tertiary/aromatic N) is 1. The van der Waals surface area contributed by atoms with E-state index in [4.69, 9.17) is 9.47 Å². The van der Waals surface area contributed by atoms with Gasteiger partial charge in [-0.25, -0.2) is 0 Å². The first-order valence-corrected chi connectivity index (χ1v) is 13.3. The number of rotatable bonds is 13. The normalized spacial score (nSPS) is 24.6. The lowest BCUT2D eigenvalue weighted by atomic mass is 9.94. The summed E-state index contributed by atoms with van der Waals surface area (Å²) in [5, 5.41) is 14.3. The van der Waals surface area contributed by atoms with Crippen LogP contribution in [0, 0.1) is 0 Å². The number of aliphatic hydroxyl groups is 1. The average molecular weight is 483 g/mol. The van der Waals surface area contributed by atoms with E-state index in [1.54, 1.807) is 13.2 Å². The van der Waals surface area contributed by atoms with Crippen molar-refractivity contribution in [3.8, 4) is 0 Å². The molecule has 0 aromatic heterocycles. The average Bonchev–Trinajstić information content (AvgIpc) is 3.08. The van der Waals surface area contributed by atoms with Gasteiger partial charge in [-0.1, -0.05) is 49.8 Å². The summed E-state index contributed by atoms with van der Waals surface area (Å²) < 4.78 is 11.0. The van der Waals surface area contributed by atoms with Crippen LogP contribution in [0.15, 0.2) is 59.4 Å². The number of piperidine rings is 1. The third-order valence-corrected chi connectivity index (χ3v) is 7.83. The molecule has 1 aromatic rings. The molecule has 2 aliphatic rings. The van der Waals surface area contributed by atoms with Crippen molar-refractivity contribution in [1.29, 1.82) is 0 Å². The van der Waals surface area contributed by atoms with Crippen molar-refractivity contribution >= 4 is 0 Å². The summed E-state index contributed by atoms with van der Waals surface area (Å²) in [4.78, 5) is 2.69. The molecule has 2 fully saturated rings. The first-order valence-electron chi connectivity index (χ1n) is 13.3. The number of hydrogen-bond donors (Lipinski definition) is 2. The Balaban J connectivity index is 1.59. The molecule has 0 radical (unpaired) electrons. The minimum absolute atomic E-state index is 0.350. The van der Waals surface area contributed by atoms with Crippen molar-refractivity contribution in [1.82, 2.24) is 10.2 Å². The van der Waals surface area contributed by atoms with E-state index in [-0.39, 0.29) is 0 Å². The molecule has 0 saturated carbocycles. The maximum atomic E-state index is 10.8. The van der Waals surface area contributed by atoms with E-state index >= 15 is 0 Å². The first-order chi connectivity index (χ1) is 16.9. The molecular weight excluding hydrogens is 436 g/mol. The van der Waals surface area contributed by atoms with Gasteiger partial charge < -0.3 is 14.6 Å². The van der Waals surface area contributed by atoms with Crippen LogP contribution in [-0.4, -0.2) is 55.0 Å². The topological polar surface area (TPSA) is 54.0 Å². The Kier molecular flexibility index (Phi) is 10.6. The Bertz CT molecular complexity index is 875. The van der Waals surface area contributed by atoms with Gasteiger partial charge in [-0.3, -0.25) is 10.2 Å². The highest BCUT2D eigenvalue weighted by Crippen LogP contribution is 2.37. The number of ether oxygens (including phenoxy) is 2. The van der Waals surface area contributed by atoms with Gasteiger partial charge in [0, 0.05) is 31.8 Å². The second-order valence-electron chi connectivity index (χ2n) is 10.2. The van der Waals surface area contributed by atoms with Gasteiger partial charge in [0.15, 0.2) is 0 Å². The molecule has 35 heavy (non-hydrogen) atoms. The molecule has 0 amide bonds. The van der Waals surface area contributed by atoms with Gasteiger partial charge in [0.1, 0.15) is 18.6 Å². The number of allylic oxidation sites excluding steroid dienone is 3. The van der Waals surface area contributed by atoms with Gasteiger partial charge in [0.25, 0.3) is 0 Å². The Morgan fingerprint density at radius 3 is 2.34 bits per heavy atom. The molecule has 3 unspecified atom stereocenters. The quantitative estimate of drug-likeness (QED) is 0.164. The van der Waals surface area contributed by atoms with E-state index in [1.807, 2.05) is 0 Å². The van der Waals surface area contributed by atoms with Crippen LogP contribution < -0.4 is 5.32 Å². The number of nitrogens with one attached hydrogen (secondary N) is 1. The van der Waals surface area contributed by atoms with E-state index < -0.39 is 6.23 Å². The maximum Gasteiger partial charge on any atom is 0.131 e. The lowest BCUT2D eigenvalue weighted by molar-refractivity contribution is 0.0745. The summed E-state index contributed by atoms with van der Waals surface area (Å²) in [6, 6.07) is 9.89. The molecule has 5 nitrogen and oxygen atoms in total. The highest BCUT2D eigenvalue weighted by Gasteiger charge is 2.41. The second kappa shape index (κ2) is 13.4. The Labute approximate surface area is 212 Å². The summed E-state index contributed by atoms with van der Waals surface area (Å²) in [5.74, 6) is 0.835.